The highest BCUT2D eigenvalue weighted by Gasteiger charge is 2.30. The van der Waals surface area contributed by atoms with Gasteiger partial charge in [-0.25, -0.2) is 12.8 Å². The summed E-state index contributed by atoms with van der Waals surface area (Å²) in [4.78, 5) is 11.2. The summed E-state index contributed by atoms with van der Waals surface area (Å²) in [6.07, 6.45) is 1.53. The maximum absolute atomic E-state index is 13.4. The first kappa shape index (κ1) is 15.2. The fourth-order valence-corrected chi connectivity index (χ4v) is 2.90. The topological polar surface area (TPSA) is 72.5 Å². The molecule has 5 nitrogen and oxygen atoms in total. The molecule has 1 saturated carbocycles. The van der Waals surface area contributed by atoms with Crippen LogP contribution in [0.1, 0.15) is 23.2 Å². The van der Waals surface area contributed by atoms with Crippen LogP contribution in [0.2, 0.25) is 0 Å². The van der Waals surface area contributed by atoms with Crippen molar-refractivity contribution in [1.82, 2.24) is 5.32 Å². The average molecular weight is 322 g/mol. The molecule has 20 heavy (non-hydrogen) atoms. The van der Waals surface area contributed by atoms with E-state index in [-0.39, 0.29) is 17.7 Å². The summed E-state index contributed by atoms with van der Waals surface area (Å²) in [5, 5.41) is 2.72. The van der Waals surface area contributed by atoms with E-state index in [2.05, 4.69) is 5.32 Å². The van der Waals surface area contributed by atoms with Crippen LogP contribution in [0.4, 0.5) is 4.39 Å². The van der Waals surface area contributed by atoms with Gasteiger partial charge in [-0.2, -0.15) is 0 Å². The molecule has 1 fully saturated rings. The Labute approximate surface area is 120 Å². The van der Waals surface area contributed by atoms with Crippen LogP contribution in [0.5, 0.6) is 0 Å². The zero-order valence-electron chi connectivity index (χ0n) is 10.6. The molecule has 0 aromatic heterocycles. The molecule has 0 aliphatic heterocycles. The van der Waals surface area contributed by atoms with E-state index in [4.69, 9.17) is 15.4 Å². The normalized spacial score (nSPS) is 22.1. The number of halogens is 2. The van der Waals surface area contributed by atoms with Crippen LogP contribution in [0.3, 0.4) is 0 Å². The lowest BCUT2D eigenvalue weighted by Gasteiger charge is -2.34. The maximum atomic E-state index is 13.4. The second-order valence-corrected chi connectivity index (χ2v) is 7.12. The van der Waals surface area contributed by atoms with Crippen LogP contribution >= 0.6 is 10.7 Å². The van der Waals surface area contributed by atoms with E-state index < -0.39 is 25.7 Å². The number of benzene rings is 1. The molecule has 1 aromatic rings. The lowest BCUT2D eigenvalue weighted by atomic mass is 9.89. The molecule has 0 spiro atoms. The van der Waals surface area contributed by atoms with Crippen molar-refractivity contribution in [3.63, 3.8) is 0 Å². The van der Waals surface area contributed by atoms with Crippen LogP contribution in [0.25, 0.3) is 0 Å². The third-order valence-electron chi connectivity index (χ3n) is 3.22. The van der Waals surface area contributed by atoms with Crippen LogP contribution in [0, 0.1) is 5.82 Å². The molecule has 0 radical (unpaired) electrons. The van der Waals surface area contributed by atoms with E-state index in [9.17, 15) is 17.6 Å². The number of carbonyl (C=O) groups excluding carboxylic acids is 1. The molecule has 0 heterocycles. The summed E-state index contributed by atoms with van der Waals surface area (Å²) in [6.45, 7) is 0. The van der Waals surface area contributed by atoms with Crippen molar-refractivity contribution in [3.8, 4) is 0 Å². The zero-order valence-corrected chi connectivity index (χ0v) is 12.2. The summed E-state index contributed by atoms with van der Waals surface area (Å²) in [7, 11) is 2.48. The van der Waals surface area contributed by atoms with Gasteiger partial charge in [0.25, 0.3) is 15.0 Å². The summed E-state index contributed by atoms with van der Waals surface area (Å²) >= 11 is 0. The van der Waals surface area contributed by atoms with Gasteiger partial charge < -0.3 is 10.1 Å². The van der Waals surface area contributed by atoms with Crippen molar-refractivity contribution >= 4 is 25.6 Å². The monoisotopic (exact) mass is 321 g/mol. The molecule has 8 heteroatoms. The Morgan fingerprint density at radius 2 is 2.10 bits per heavy atom. The van der Waals surface area contributed by atoms with E-state index in [1.54, 1.807) is 7.11 Å². The molecule has 110 valence electrons. The SMILES string of the molecule is COC1CC(NC(=O)c2ccc(F)c(S(=O)(=O)Cl)c2)C1. The number of nitrogens with one attached hydrogen (secondary N) is 1. The smallest absolute Gasteiger partial charge is 0.264 e. The van der Waals surface area contributed by atoms with E-state index in [0.717, 1.165) is 12.1 Å². The number of hydrogen-bond donors (Lipinski definition) is 1. The zero-order chi connectivity index (χ0) is 14.9. The molecule has 1 aromatic carbocycles. The maximum Gasteiger partial charge on any atom is 0.264 e. The van der Waals surface area contributed by atoms with Crippen molar-refractivity contribution in [1.29, 1.82) is 0 Å². The number of methoxy groups -OCH3 is 1. The Hall–Kier alpha value is -1.18. The van der Waals surface area contributed by atoms with Gasteiger partial charge in [-0.3, -0.25) is 4.79 Å². The Morgan fingerprint density at radius 1 is 1.45 bits per heavy atom. The van der Waals surface area contributed by atoms with Crippen LogP contribution < -0.4 is 5.32 Å². The Kier molecular flexibility index (Phi) is 4.31. The highest BCUT2D eigenvalue weighted by molar-refractivity contribution is 8.13. The summed E-state index contributed by atoms with van der Waals surface area (Å²) in [5.41, 5.74) is 0.0477. The largest absolute Gasteiger partial charge is 0.381 e. The summed E-state index contributed by atoms with van der Waals surface area (Å²) in [6, 6.07) is 3.03. The Balaban J connectivity index is 2.11. The number of carbonyl (C=O) groups is 1. The number of amides is 1. The fraction of sp³-hybridized carbons (Fsp3) is 0.417. The van der Waals surface area contributed by atoms with Crippen molar-refractivity contribution in [2.45, 2.75) is 29.9 Å². The van der Waals surface area contributed by atoms with Gasteiger partial charge in [-0.15, -0.1) is 0 Å². The van der Waals surface area contributed by atoms with Crippen molar-refractivity contribution in [2.24, 2.45) is 0 Å². The van der Waals surface area contributed by atoms with Gasteiger partial charge in [0.15, 0.2) is 0 Å². The molecule has 0 saturated heterocycles. The van der Waals surface area contributed by atoms with Gasteiger partial charge in [0, 0.05) is 29.4 Å². The quantitative estimate of drug-likeness (QED) is 0.856. The summed E-state index contributed by atoms with van der Waals surface area (Å²) in [5.74, 6) is -1.45. The molecule has 2 rings (SSSR count). The van der Waals surface area contributed by atoms with Gasteiger partial charge in [0.1, 0.15) is 10.7 Å². The van der Waals surface area contributed by atoms with Gasteiger partial charge in [0.05, 0.1) is 6.10 Å². The average Bonchev–Trinajstić information content (AvgIpc) is 2.32. The van der Waals surface area contributed by atoms with Crippen molar-refractivity contribution < 1.29 is 22.3 Å². The lowest BCUT2D eigenvalue weighted by Crippen LogP contribution is -2.47. The molecule has 1 aliphatic carbocycles. The van der Waals surface area contributed by atoms with Crippen LogP contribution in [-0.2, 0) is 13.8 Å². The lowest BCUT2D eigenvalue weighted by molar-refractivity contribution is 0.0176. The molecule has 1 aliphatic rings. The molecule has 1 N–H and O–H groups in total. The van der Waals surface area contributed by atoms with Gasteiger partial charge in [-0.05, 0) is 31.0 Å². The summed E-state index contributed by atoms with van der Waals surface area (Å²) < 4.78 is 40.8. The third-order valence-corrected chi connectivity index (χ3v) is 4.56. The number of rotatable bonds is 4. The predicted molar refractivity (Wildman–Crippen MR) is 70.7 cm³/mol. The van der Waals surface area contributed by atoms with E-state index in [1.165, 1.54) is 6.07 Å². The first-order valence-electron chi connectivity index (χ1n) is 5.89. The van der Waals surface area contributed by atoms with E-state index >= 15 is 0 Å². The molecule has 0 atom stereocenters. The van der Waals surface area contributed by atoms with Crippen LogP contribution in [-0.4, -0.2) is 33.6 Å². The minimum Gasteiger partial charge on any atom is -0.381 e. The first-order valence-corrected chi connectivity index (χ1v) is 8.20. The number of hydrogen-bond acceptors (Lipinski definition) is 4. The van der Waals surface area contributed by atoms with Gasteiger partial charge in [0.2, 0.25) is 0 Å². The fourth-order valence-electron chi connectivity index (χ4n) is 1.98. The molecule has 1 amide bonds. The first-order chi connectivity index (χ1) is 9.31. The Morgan fingerprint density at radius 3 is 2.65 bits per heavy atom. The van der Waals surface area contributed by atoms with Crippen molar-refractivity contribution in [3.05, 3.63) is 29.6 Å². The van der Waals surface area contributed by atoms with Gasteiger partial charge >= 0.3 is 0 Å². The minimum absolute atomic E-state index is 0.0199. The highest BCUT2D eigenvalue weighted by Crippen LogP contribution is 2.24. The highest BCUT2D eigenvalue weighted by atomic mass is 35.7. The van der Waals surface area contributed by atoms with Gasteiger partial charge in [-0.1, -0.05) is 0 Å². The molecule has 0 unspecified atom stereocenters. The number of ether oxygens (including phenoxy) is 1. The van der Waals surface area contributed by atoms with Crippen LogP contribution in [0.15, 0.2) is 23.1 Å². The second kappa shape index (κ2) is 5.67. The molecular weight excluding hydrogens is 309 g/mol. The predicted octanol–water partition coefficient (Wildman–Crippen LogP) is 1.66. The van der Waals surface area contributed by atoms with Crippen molar-refractivity contribution in [2.75, 3.05) is 7.11 Å². The molecular formula is C12H13ClFNO4S. The van der Waals surface area contributed by atoms with E-state index in [0.29, 0.717) is 12.8 Å². The standard InChI is InChI=1S/C12H13ClFNO4S/c1-19-9-5-8(6-9)15-12(16)7-2-3-10(14)11(4-7)20(13,17)18/h2-4,8-9H,5-6H2,1H3,(H,15,16). The third kappa shape index (κ3) is 3.28. The molecule has 0 bridgehead atoms. The second-order valence-electron chi connectivity index (χ2n) is 4.58. The Bertz CT molecular complexity index is 628. The van der Waals surface area contributed by atoms with E-state index in [1.807, 2.05) is 0 Å². The minimum atomic E-state index is -4.23.